The highest BCUT2D eigenvalue weighted by Crippen LogP contribution is 2.26. The third-order valence-electron chi connectivity index (χ3n) is 2.90. The number of aromatic nitrogens is 2. The van der Waals surface area contributed by atoms with Crippen molar-refractivity contribution in [1.82, 2.24) is 15.5 Å². The summed E-state index contributed by atoms with van der Waals surface area (Å²) in [7, 11) is 0. The van der Waals surface area contributed by atoms with Crippen molar-refractivity contribution >= 4 is 10.8 Å². The van der Waals surface area contributed by atoms with Gasteiger partial charge in [0.25, 0.3) is 0 Å². The SMILES string of the molecule is c1cc(C2CNCCO2)c2cnncc2c1. The van der Waals surface area contributed by atoms with Crippen LogP contribution in [-0.4, -0.2) is 29.9 Å². The molecule has 0 radical (unpaired) electrons. The van der Waals surface area contributed by atoms with E-state index in [1.54, 1.807) is 6.20 Å². The van der Waals surface area contributed by atoms with E-state index in [2.05, 4.69) is 21.6 Å². The highest BCUT2D eigenvalue weighted by Gasteiger charge is 2.17. The molecule has 3 rings (SSSR count). The summed E-state index contributed by atoms with van der Waals surface area (Å²) in [5, 5.41) is 13.4. The highest BCUT2D eigenvalue weighted by molar-refractivity contribution is 5.84. The lowest BCUT2D eigenvalue weighted by atomic mass is 10.0. The summed E-state index contributed by atoms with van der Waals surface area (Å²) in [6.07, 6.45) is 3.72. The van der Waals surface area contributed by atoms with Crippen LogP contribution >= 0.6 is 0 Å². The first kappa shape index (κ1) is 9.69. The Kier molecular flexibility index (Phi) is 2.52. The fourth-order valence-electron chi connectivity index (χ4n) is 2.10. The molecule has 1 unspecified atom stereocenters. The second kappa shape index (κ2) is 4.15. The van der Waals surface area contributed by atoms with Crippen LogP contribution in [0.15, 0.2) is 30.6 Å². The number of nitrogens with zero attached hydrogens (tertiary/aromatic N) is 2. The predicted octanol–water partition coefficient (Wildman–Crippen LogP) is 1.29. The van der Waals surface area contributed by atoms with Gasteiger partial charge >= 0.3 is 0 Å². The van der Waals surface area contributed by atoms with Gasteiger partial charge in [-0.25, -0.2) is 0 Å². The fraction of sp³-hybridized carbons (Fsp3) is 0.333. The highest BCUT2D eigenvalue weighted by atomic mass is 16.5. The van der Waals surface area contributed by atoms with Crippen LogP contribution in [0.25, 0.3) is 10.8 Å². The maximum absolute atomic E-state index is 5.76. The zero-order chi connectivity index (χ0) is 10.8. The number of benzene rings is 1. The smallest absolute Gasteiger partial charge is 0.0956 e. The Labute approximate surface area is 93.6 Å². The second-order valence-electron chi connectivity index (χ2n) is 3.90. The first-order chi connectivity index (χ1) is 7.95. The molecule has 2 heterocycles. The summed E-state index contributed by atoms with van der Waals surface area (Å²) in [6.45, 7) is 2.56. The van der Waals surface area contributed by atoms with Gasteiger partial charge in [-0.3, -0.25) is 0 Å². The molecule has 1 aliphatic rings. The Balaban J connectivity index is 2.08. The van der Waals surface area contributed by atoms with Gasteiger partial charge < -0.3 is 10.1 Å². The maximum Gasteiger partial charge on any atom is 0.0956 e. The van der Waals surface area contributed by atoms with Gasteiger partial charge in [0.1, 0.15) is 0 Å². The Bertz CT molecular complexity index is 489. The van der Waals surface area contributed by atoms with Crippen LogP contribution in [0, 0.1) is 0 Å². The standard InChI is InChI=1S/C12H13N3O/c1-2-9-6-14-15-7-11(9)10(3-1)12-8-13-4-5-16-12/h1-3,6-7,12-13H,4-5,8H2. The van der Waals surface area contributed by atoms with Crippen LogP contribution in [0.5, 0.6) is 0 Å². The van der Waals surface area contributed by atoms with Crippen LogP contribution in [0.2, 0.25) is 0 Å². The van der Waals surface area contributed by atoms with Crippen molar-refractivity contribution in [3.8, 4) is 0 Å². The number of hydrogen-bond donors (Lipinski definition) is 1. The number of hydrogen-bond acceptors (Lipinski definition) is 4. The number of rotatable bonds is 1. The Morgan fingerprint density at radius 3 is 3.06 bits per heavy atom. The van der Waals surface area contributed by atoms with E-state index in [0.29, 0.717) is 0 Å². The van der Waals surface area contributed by atoms with Crippen LogP contribution in [-0.2, 0) is 4.74 Å². The zero-order valence-corrected chi connectivity index (χ0v) is 8.89. The number of fused-ring (bicyclic) bond motifs is 1. The Morgan fingerprint density at radius 2 is 2.19 bits per heavy atom. The lowest BCUT2D eigenvalue weighted by molar-refractivity contribution is 0.0286. The quantitative estimate of drug-likeness (QED) is 0.778. The van der Waals surface area contributed by atoms with Crippen molar-refractivity contribution in [2.24, 2.45) is 0 Å². The topological polar surface area (TPSA) is 47.0 Å². The summed E-state index contributed by atoms with van der Waals surface area (Å²) >= 11 is 0. The summed E-state index contributed by atoms with van der Waals surface area (Å²) in [5.41, 5.74) is 1.19. The molecule has 16 heavy (non-hydrogen) atoms. The van der Waals surface area contributed by atoms with E-state index in [1.807, 2.05) is 18.3 Å². The molecule has 1 aromatic heterocycles. The molecule has 1 atom stereocenters. The molecule has 1 fully saturated rings. The van der Waals surface area contributed by atoms with E-state index >= 15 is 0 Å². The van der Waals surface area contributed by atoms with E-state index in [-0.39, 0.29) is 6.10 Å². The average Bonchev–Trinajstić information content (AvgIpc) is 2.39. The zero-order valence-electron chi connectivity index (χ0n) is 8.89. The molecule has 2 aromatic rings. The second-order valence-corrected chi connectivity index (χ2v) is 3.90. The van der Waals surface area contributed by atoms with E-state index in [1.165, 1.54) is 5.56 Å². The van der Waals surface area contributed by atoms with Crippen molar-refractivity contribution in [3.63, 3.8) is 0 Å². The molecule has 82 valence electrons. The van der Waals surface area contributed by atoms with Crippen LogP contribution in [0.3, 0.4) is 0 Å². The molecular formula is C12H13N3O. The van der Waals surface area contributed by atoms with Crippen molar-refractivity contribution < 1.29 is 4.74 Å². The molecule has 1 aromatic carbocycles. The van der Waals surface area contributed by atoms with Gasteiger partial charge in [0, 0.05) is 23.9 Å². The molecule has 4 nitrogen and oxygen atoms in total. The predicted molar refractivity (Wildman–Crippen MR) is 61.1 cm³/mol. The average molecular weight is 215 g/mol. The minimum Gasteiger partial charge on any atom is -0.371 e. The summed E-state index contributed by atoms with van der Waals surface area (Å²) in [5.74, 6) is 0. The van der Waals surface area contributed by atoms with Crippen molar-refractivity contribution in [3.05, 3.63) is 36.2 Å². The molecule has 1 aliphatic heterocycles. The first-order valence-electron chi connectivity index (χ1n) is 5.47. The van der Waals surface area contributed by atoms with Crippen molar-refractivity contribution in [1.29, 1.82) is 0 Å². The van der Waals surface area contributed by atoms with Gasteiger partial charge in [0.05, 0.1) is 25.1 Å². The molecule has 0 aliphatic carbocycles. The van der Waals surface area contributed by atoms with Crippen molar-refractivity contribution in [2.45, 2.75) is 6.10 Å². The summed E-state index contributed by atoms with van der Waals surface area (Å²) < 4.78 is 5.76. The van der Waals surface area contributed by atoms with Gasteiger partial charge in [-0.1, -0.05) is 18.2 Å². The summed E-state index contributed by atoms with van der Waals surface area (Å²) in [6, 6.07) is 6.18. The minimum atomic E-state index is 0.127. The fourth-order valence-corrected chi connectivity index (χ4v) is 2.10. The van der Waals surface area contributed by atoms with E-state index in [9.17, 15) is 0 Å². The lowest BCUT2D eigenvalue weighted by Gasteiger charge is -2.24. The van der Waals surface area contributed by atoms with Gasteiger partial charge in [-0.15, -0.1) is 0 Å². The number of ether oxygens (including phenoxy) is 1. The van der Waals surface area contributed by atoms with Gasteiger partial charge in [0.2, 0.25) is 0 Å². The van der Waals surface area contributed by atoms with Gasteiger partial charge in [-0.2, -0.15) is 10.2 Å². The lowest BCUT2D eigenvalue weighted by Crippen LogP contribution is -2.33. The molecule has 1 saturated heterocycles. The molecule has 1 N–H and O–H groups in total. The monoisotopic (exact) mass is 215 g/mol. The molecule has 0 bridgehead atoms. The number of morpholine rings is 1. The van der Waals surface area contributed by atoms with Gasteiger partial charge in [-0.05, 0) is 5.56 Å². The third kappa shape index (κ3) is 1.66. The van der Waals surface area contributed by atoms with Crippen molar-refractivity contribution in [2.75, 3.05) is 19.7 Å². The van der Waals surface area contributed by atoms with Gasteiger partial charge in [0.15, 0.2) is 0 Å². The van der Waals surface area contributed by atoms with Crippen LogP contribution < -0.4 is 5.32 Å². The largest absolute Gasteiger partial charge is 0.371 e. The van der Waals surface area contributed by atoms with Crippen LogP contribution in [0.1, 0.15) is 11.7 Å². The van der Waals surface area contributed by atoms with E-state index < -0.39 is 0 Å². The Hall–Kier alpha value is -1.52. The van der Waals surface area contributed by atoms with E-state index in [4.69, 9.17) is 4.74 Å². The molecular weight excluding hydrogens is 202 g/mol. The normalized spacial score (nSPS) is 21.1. The van der Waals surface area contributed by atoms with Crippen LogP contribution in [0.4, 0.5) is 0 Å². The molecule has 0 saturated carbocycles. The molecule has 0 amide bonds. The first-order valence-corrected chi connectivity index (χ1v) is 5.47. The minimum absolute atomic E-state index is 0.127. The summed E-state index contributed by atoms with van der Waals surface area (Å²) in [4.78, 5) is 0. The molecule has 0 spiro atoms. The maximum atomic E-state index is 5.76. The molecule has 4 heteroatoms. The van der Waals surface area contributed by atoms with E-state index in [0.717, 1.165) is 30.5 Å². The number of nitrogens with one attached hydrogen (secondary N) is 1. The Morgan fingerprint density at radius 1 is 1.25 bits per heavy atom. The third-order valence-corrected chi connectivity index (χ3v) is 2.90.